The van der Waals surface area contributed by atoms with Gasteiger partial charge in [0.1, 0.15) is 0 Å². The summed E-state index contributed by atoms with van der Waals surface area (Å²) in [6.45, 7) is 2.37. The summed E-state index contributed by atoms with van der Waals surface area (Å²) in [5.74, 6) is 0.746. The highest BCUT2D eigenvalue weighted by molar-refractivity contribution is 5.84. The summed E-state index contributed by atoms with van der Waals surface area (Å²) in [6.07, 6.45) is 5.90. The van der Waals surface area contributed by atoms with Crippen molar-refractivity contribution in [2.75, 3.05) is 13.1 Å². The summed E-state index contributed by atoms with van der Waals surface area (Å²) < 4.78 is 1.89. The van der Waals surface area contributed by atoms with Crippen molar-refractivity contribution in [2.45, 2.75) is 19.4 Å². The van der Waals surface area contributed by atoms with Crippen molar-refractivity contribution in [3.8, 4) is 0 Å². The lowest BCUT2D eigenvalue weighted by Crippen LogP contribution is -2.51. The van der Waals surface area contributed by atoms with Crippen molar-refractivity contribution in [3.63, 3.8) is 0 Å². The van der Waals surface area contributed by atoms with Crippen LogP contribution in [0.2, 0.25) is 0 Å². The summed E-state index contributed by atoms with van der Waals surface area (Å²) in [7, 11) is 1.93. The Morgan fingerprint density at radius 1 is 1.76 bits per heavy atom. The van der Waals surface area contributed by atoms with E-state index in [-0.39, 0.29) is 11.3 Å². The minimum absolute atomic E-state index is 0.116. The van der Waals surface area contributed by atoms with Gasteiger partial charge < -0.3 is 15.2 Å². The number of carbonyl (C=O) groups is 1. The second-order valence-corrected chi connectivity index (χ2v) is 5.24. The average Bonchev–Trinajstić information content (AvgIpc) is 2.81. The van der Waals surface area contributed by atoms with Crippen molar-refractivity contribution < 1.29 is 4.79 Å². The molecule has 1 aliphatic carbocycles. The lowest BCUT2D eigenvalue weighted by Gasteiger charge is -2.42. The van der Waals surface area contributed by atoms with E-state index in [0.29, 0.717) is 12.5 Å². The van der Waals surface area contributed by atoms with Gasteiger partial charge in [0.05, 0.1) is 24.0 Å². The Balaban J connectivity index is 1.60. The summed E-state index contributed by atoms with van der Waals surface area (Å²) in [5, 5.41) is 6.35. The van der Waals surface area contributed by atoms with Crippen molar-refractivity contribution in [1.29, 1.82) is 0 Å². The van der Waals surface area contributed by atoms with Gasteiger partial charge in [0.15, 0.2) is 0 Å². The normalized spacial score (nSPS) is 30.8. The number of amides is 1. The van der Waals surface area contributed by atoms with E-state index in [0.717, 1.165) is 25.2 Å². The summed E-state index contributed by atoms with van der Waals surface area (Å²) in [4.78, 5) is 16.4. The summed E-state index contributed by atoms with van der Waals surface area (Å²) in [5.41, 5.74) is 0.800. The molecular formula is C12H18N4O. The third-order valence-electron chi connectivity index (χ3n) is 4.19. The smallest absolute Gasteiger partial charge is 0.228 e. The highest BCUT2D eigenvalue weighted by Gasteiger charge is 2.55. The number of nitrogens with one attached hydrogen (secondary N) is 2. The van der Waals surface area contributed by atoms with Gasteiger partial charge in [-0.25, -0.2) is 4.98 Å². The van der Waals surface area contributed by atoms with Gasteiger partial charge in [0, 0.05) is 19.8 Å². The molecule has 92 valence electrons. The minimum atomic E-state index is -0.116. The zero-order chi connectivity index (χ0) is 11.9. The first kappa shape index (κ1) is 10.8. The molecule has 0 radical (unpaired) electrons. The van der Waals surface area contributed by atoms with Crippen LogP contribution in [0.5, 0.6) is 0 Å². The predicted molar refractivity (Wildman–Crippen MR) is 63.1 cm³/mol. The fourth-order valence-corrected chi connectivity index (χ4v) is 2.98. The lowest BCUT2D eigenvalue weighted by atomic mass is 9.61. The molecule has 1 saturated carbocycles. The van der Waals surface area contributed by atoms with E-state index in [1.54, 1.807) is 6.33 Å². The maximum Gasteiger partial charge on any atom is 0.228 e. The van der Waals surface area contributed by atoms with Crippen LogP contribution >= 0.6 is 0 Å². The third kappa shape index (κ3) is 1.65. The van der Waals surface area contributed by atoms with E-state index < -0.39 is 0 Å². The lowest BCUT2D eigenvalue weighted by molar-refractivity contribution is -0.138. The molecule has 0 bridgehead atoms. The van der Waals surface area contributed by atoms with Gasteiger partial charge >= 0.3 is 0 Å². The molecule has 1 saturated heterocycles. The molecule has 17 heavy (non-hydrogen) atoms. The molecule has 5 heteroatoms. The van der Waals surface area contributed by atoms with Gasteiger partial charge in [-0.15, -0.1) is 0 Å². The van der Waals surface area contributed by atoms with Gasteiger partial charge in [-0.3, -0.25) is 4.79 Å². The third-order valence-corrected chi connectivity index (χ3v) is 4.19. The van der Waals surface area contributed by atoms with E-state index in [1.807, 2.05) is 17.8 Å². The molecule has 1 amide bonds. The topological polar surface area (TPSA) is 59.0 Å². The number of aromatic nitrogens is 2. The Morgan fingerprint density at radius 2 is 2.65 bits per heavy atom. The molecule has 1 aromatic rings. The molecule has 1 aromatic heterocycles. The molecule has 2 aliphatic rings. The SMILES string of the molecule is Cn1cnc(CNC(=O)[C@]23CC[C@H]2CNC3)c1. The van der Waals surface area contributed by atoms with Crippen molar-refractivity contribution in [2.24, 2.45) is 18.4 Å². The zero-order valence-electron chi connectivity index (χ0n) is 10.1. The molecule has 3 rings (SSSR count). The molecule has 2 atom stereocenters. The Hall–Kier alpha value is -1.36. The summed E-state index contributed by atoms with van der Waals surface area (Å²) in [6, 6.07) is 0. The molecule has 0 spiro atoms. The molecule has 2 fully saturated rings. The number of hydrogen-bond acceptors (Lipinski definition) is 3. The van der Waals surface area contributed by atoms with Crippen LogP contribution < -0.4 is 10.6 Å². The van der Waals surface area contributed by atoms with E-state index in [1.165, 1.54) is 6.42 Å². The van der Waals surface area contributed by atoms with Crippen molar-refractivity contribution >= 4 is 5.91 Å². The van der Waals surface area contributed by atoms with E-state index in [9.17, 15) is 4.79 Å². The van der Waals surface area contributed by atoms with Gasteiger partial charge in [-0.05, 0) is 25.3 Å². The highest BCUT2D eigenvalue weighted by atomic mass is 16.2. The molecule has 1 aliphatic heterocycles. The Bertz CT molecular complexity index is 441. The predicted octanol–water partition coefficient (Wildman–Crippen LogP) is 0.0359. The van der Waals surface area contributed by atoms with Crippen LogP contribution in [0.15, 0.2) is 12.5 Å². The molecule has 0 aromatic carbocycles. The number of aryl methyl sites for hydroxylation is 1. The van der Waals surface area contributed by atoms with Gasteiger partial charge in [-0.2, -0.15) is 0 Å². The largest absolute Gasteiger partial charge is 0.350 e. The standard InChI is InChI=1S/C12H18N4O/c1-16-6-10(15-8-16)5-14-11(17)12-3-2-9(12)4-13-7-12/h6,8-9,13H,2-5,7H2,1H3,(H,14,17)/t9-,12-/m0/s1. The summed E-state index contributed by atoms with van der Waals surface area (Å²) >= 11 is 0. The number of fused-ring (bicyclic) bond motifs is 1. The number of rotatable bonds is 3. The first-order valence-corrected chi connectivity index (χ1v) is 6.16. The zero-order valence-corrected chi connectivity index (χ0v) is 10.1. The number of carbonyl (C=O) groups excluding carboxylic acids is 1. The van der Waals surface area contributed by atoms with Gasteiger partial charge in [0.25, 0.3) is 0 Å². The second-order valence-electron chi connectivity index (χ2n) is 5.24. The molecule has 2 heterocycles. The minimum Gasteiger partial charge on any atom is -0.350 e. The van der Waals surface area contributed by atoms with E-state index >= 15 is 0 Å². The van der Waals surface area contributed by atoms with Crippen LogP contribution in [0.4, 0.5) is 0 Å². The molecule has 0 unspecified atom stereocenters. The van der Waals surface area contributed by atoms with Crippen molar-refractivity contribution in [3.05, 3.63) is 18.2 Å². The van der Waals surface area contributed by atoms with Crippen LogP contribution in [-0.2, 0) is 18.4 Å². The quantitative estimate of drug-likeness (QED) is 0.776. The number of imidazole rings is 1. The number of nitrogens with zero attached hydrogens (tertiary/aromatic N) is 2. The number of hydrogen-bond donors (Lipinski definition) is 2. The Labute approximate surface area is 101 Å². The maximum atomic E-state index is 12.2. The monoisotopic (exact) mass is 234 g/mol. The Morgan fingerprint density at radius 3 is 3.24 bits per heavy atom. The fraction of sp³-hybridized carbons (Fsp3) is 0.667. The second kappa shape index (κ2) is 3.84. The van der Waals surface area contributed by atoms with Crippen LogP contribution in [0.1, 0.15) is 18.5 Å². The van der Waals surface area contributed by atoms with E-state index in [2.05, 4.69) is 15.6 Å². The van der Waals surface area contributed by atoms with Crippen LogP contribution in [0.3, 0.4) is 0 Å². The fourth-order valence-electron chi connectivity index (χ4n) is 2.98. The van der Waals surface area contributed by atoms with Gasteiger partial charge in [0.2, 0.25) is 5.91 Å². The molecular weight excluding hydrogens is 216 g/mol. The first-order chi connectivity index (χ1) is 8.21. The molecule has 2 N–H and O–H groups in total. The Kier molecular flexibility index (Phi) is 2.43. The van der Waals surface area contributed by atoms with E-state index in [4.69, 9.17) is 0 Å². The average molecular weight is 234 g/mol. The van der Waals surface area contributed by atoms with Crippen LogP contribution in [-0.4, -0.2) is 28.5 Å². The maximum absolute atomic E-state index is 12.2. The first-order valence-electron chi connectivity index (χ1n) is 6.16. The van der Waals surface area contributed by atoms with Crippen LogP contribution in [0, 0.1) is 11.3 Å². The molecule has 5 nitrogen and oxygen atoms in total. The van der Waals surface area contributed by atoms with Crippen LogP contribution in [0.25, 0.3) is 0 Å². The van der Waals surface area contributed by atoms with Gasteiger partial charge in [-0.1, -0.05) is 0 Å². The van der Waals surface area contributed by atoms with Crippen molar-refractivity contribution in [1.82, 2.24) is 20.2 Å². The highest BCUT2D eigenvalue weighted by Crippen LogP contribution is 2.49.